The van der Waals surface area contributed by atoms with Gasteiger partial charge in [-0.3, -0.25) is 62.3 Å². The highest BCUT2D eigenvalue weighted by Gasteiger charge is 2.58. The number of ketones is 2. The van der Waals surface area contributed by atoms with Gasteiger partial charge in [0.05, 0.1) is 16.9 Å². The molecule has 15 unspecified atom stereocenters. The summed E-state index contributed by atoms with van der Waals surface area (Å²) < 4.78 is 102. The lowest BCUT2D eigenvalue weighted by Gasteiger charge is -2.45. The highest BCUT2D eigenvalue weighted by Crippen LogP contribution is 2.54. The number of allylic oxidation sites excluding steroid dienone is 3. The zero-order chi connectivity index (χ0) is 65.9. The van der Waals surface area contributed by atoms with Crippen LogP contribution >= 0.6 is 0 Å². The number of Topliss-reactive ketones (excluding diaryl/α,β-unsaturated/α-hetero) is 2. The van der Waals surface area contributed by atoms with Gasteiger partial charge in [-0.15, -0.1) is 0 Å². The van der Waals surface area contributed by atoms with Crippen molar-refractivity contribution in [3.63, 3.8) is 0 Å². The molecule has 3 fully saturated rings. The van der Waals surface area contributed by atoms with Gasteiger partial charge in [0.15, 0.2) is 59.7 Å². The van der Waals surface area contributed by atoms with Crippen molar-refractivity contribution in [3.8, 4) is 23.0 Å². The first-order valence-electron chi connectivity index (χ1n) is 26.7. The Balaban J connectivity index is 1.87. The molecule has 15 atom stereocenters. The minimum absolute atomic E-state index is 0.0187. The van der Waals surface area contributed by atoms with E-state index in [1.54, 1.807) is 0 Å². The van der Waals surface area contributed by atoms with Crippen LogP contribution in [0, 0.1) is 0 Å². The molecule has 88 heavy (non-hydrogen) atoms. The van der Waals surface area contributed by atoms with Crippen LogP contribution < -0.4 is 9.47 Å². The fourth-order valence-corrected chi connectivity index (χ4v) is 9.53. The topological polar surface area (TPSA) is 429 Å². The standard InChI is InChI=1S/C55H66O33/c1-15-31-37(67)35-36(38(68)41(31)86-53-50(80-28(12)64)47(77-25(9)61)42(74-19(2)3)32(83-53)16-71-20(4)56)40(70)46(88-55-52(82-30(14)66)49(79-27(11)63)44(76-24(8)60)34(85-55)18-73-22(6)58)45(39(35)69)87-54-51(81-29(13)65)48(78-26(10)62)43(75-23(7)59)33(84-54)17-72-21(5)57/h32-34,42-44,47-55,69-70H,2,15-18H2,1,3-14H3. The SMILES string of the molecule is C=C(C)OC1C(COC(C)=O)OC(OC2=C(CC)C(=O)c3c(O)c(OC4OC(COC(C)=O)C(OC(C)=O)C(OC(C)=O)C4OC(C)=O)c(OC4OC(COC(C)=O)C(OC(C)=O)C(OC(C)=O)C4OC(C)=O)c(O)c3C2=O)C(OC(C)=O)C1OC(C)=O. The van der Waals surface area contributed by atoms with Gasteiger partial charge in [-0.25, -0.2) is 0 Å². The van der Waals surface area contributed by atoms with Gasteiger partial charge < -0.3 is 95.5 Å². The third-order valence-corrected chi connectivity index (χ3v) is 12.5. The number of phenolic OH excluding ortho intramolecular Hbond substituents is 2. The Kier molecular flexibility index (Phi) is 23.7. The zero-order valence-corrected chi connectivity index (χ0v) is 49.7. The van der Waals surface area contributed by atoms with Gasteiger partial charge in [-0.2, -0.15) is 0 Å². The molecule has 1 aromatic carbocycles. The number of ether oxygens (including phenoxy) is 18. The maximum atomic E-state index is 15.4. The van der Waals surface area contributed by atoms with Crippen molar-refractivity contribution in [3.05, 3.63) is 34.8 Å². The third kappa shape index (κ3) is 17.3. The van der Waals surface area contributed by atoms with Crippen molar-refractivity contribution >= 4 is 77.2 Å². The molecule has 33 nitrogen and oxygen atoms in total. The summed E-state index contributed by atoms with van der Waals surface area (Å²) >= 11 is 0. The number of esters is 11. The number of fused-ring (bicyclic) bond motifs is 1. The van der Waals surface area contributed by atoms with Gasteiger partial charge in [0, 0.05) is 81.7 Å². The van der Waals surface area contributed by atoms with Gasteiger partial charge in [-0.05, 0) is 13.3 Å². The summed E-state index contributed by atoms with van der Waals surface area (Å²) in [6, 6.07) is 0. The molecule has 1 aromatic rings. The Morgan fingerprint density at radius 3 is 0.909 bits per heavy atom. The van der Waals surface area contributed by atoms with Crippen LogP contribution in [0.3, 0.4) is 0 Å². The second-order valence-electron chi connectivity index (χ2n) is 19.7. The summed E-state index contributed by atoms with van der Waals surface area (Å²) in [6.07, 6.45) is -29.7. The average molecular weight is 1260 g/mol. The molecule has 3 heterocycles. The molecule has 3 aliphatic heterocycles. The Bertz CT molecular complexity index is 2980. The van der Waals surface area contributed by atoms with Crippen molar-refractivity contribution in [1.29, 1.82) is 0 Å². The summed E-state index contributed by atoms with van der Waals surface area (Å²) in [7, 11) is 0. The molecule has 0 spiro atoms. The molecule has 4 aliphatic rings. The van der Waals surface area contributed by atoms with Crippen LogP contribution in [0.5, 0.6) is 23.0 Å². The van der Waals surface area contributed by atoms with Gasteiger partial charge in [0.1, 0.15) is 38.1 Å². The Morgan fingerprint density at radius 1 is 0.375 bits per heavy atom. The van der Waals surface area contributed by atoms with Crippen LogP contribution in [-0.4, -0.2) is 199 Å². The van der Waals surface area contributed by atoms with Crippen molar-refractivity contribution in [2.75, 3.05) is 19.8 Å². The molecular weight excluding hydrogens is 1190 g/mol. The smallest absolute Gasteiger partial charge is 0.303 e. The second kappa shape index (κ2) is 30.0. The van der Waals surface area contributed by atoms with Crippen LogP contribution in [0.4, 0.5) is 0 Å². The van der Waals surface area contributed by atoms with Crippen molar-refractivity contribution < 1.29 is 158 Å². The van der Waals surface area contributed by atoms with Crippen LogP contribution in [0.15, 0.2) is 23.7 Å². The number of carbonyl (C=O) groups excluding carboxylic acids is 13. The Morgan fingerprint density at radius 2 is 0.636 bits per heavy atom. The van der Waals surface area contributed by atoms with Gasteiger partial charge in [0.2, 0.25) is 54.5 Å². The summed E-state index contributed by atoms with van der Waals surface area (Å²) in [4.78, 5) is 170. The molecule has 0 saturated carbocycles. The minimum Gasteiger partial charge on any atom is -0.504 e. The van der Waals surface area contributed by atoms with E-state index in [4.69, 9.17) is 85.3 Å². The van der Waals surface area contributed by atoms with Gasteiger partial charge in [-0.1, -0.05) is 13.5 Å². The van der Waals surface area contributed by atoms with Gasteiger partial charge in [0.25, 0.3) is 0 Å². The molecule has 0 amide bonds. The number of aromatic hydroxyl groups is 2. The molecule has 0 bridgehead atoms. The first-order chi connectivity index (χ1) is 41.1. The fourth-order valence-electron chi connectivity index (χ4n) is 9.53. The highest BCUT2D eigenvalue weighted by atomic mass is 16.8. The number of benzene rings is 1. The fraction of sp³-hybridized carbons (Fsp3) is 0.582. The monoisotopic (exact) mass is 1250 g/mol. The average Bonchev–Trinajstić information content (AvgIpc) is 0.839. The molecule has 5 rings (SSSR count). The quantitative estimate of drug-likeness (QED) is 0.0671. The maximum Gasteiger partial charge on any atom is 0.303 e. The molecule has 484 valence electrons. The number of carbonyl (C=O) groups is 13. The molecular formula is C55H66O33. The third-order valence-electron chi connectivity index (χ3n) is 12.5. The molecule has 0 radical (unpaired) electrons. The first kappa shape index (κ1) is 69.7. The predicted molar refractivity (Wildman–Crippen MR) is 278 cm³/mol. The largest absolute Gasteiger partial charge is 0.504 e. The summed E-state index contributed by atoms with van der Waals surface area (Å²) in [5.41, 5.74) is -3.02. The Labute approximate surface area is 500 Å². The van der Waals surface area contributed by atoms with Crippen molar-refractivity contribution in [1.82, 2.24) is 0 Å². The van der Waals surface area contributed by atoms with Crippen LogP contribution in [-0.2, 0) is 129 Å². The molecule has 3 saturated heterocycles. The number of hydrogen-bond acceptors (Lipinski definition) is 33. The van der Waals surface area contributed by atoms with E-state index in [9.17, 15) is 63.0 Å². The number of hydrogen-bond donors (Lipinski definition) is 2. The predicted octanol–water partition coefficient (Wildman–Crippen LogP) is 1.15. The van der Waals surface area contributed by atoms with Crippen LogP contribution in [0.2, 0.25) is 0 Å². The lowest BCUT2D eigenvalue weighted by Crippen LogP contribution is -2.64. The van der Waals surface area contributed by atoms with E-state index in [2.05, 4.69) is 6.58 Å². The molecule has 2 N–H and O–H groups in total. The number of phenols is 2. The van der Waals surface area contributed by atoms with E-state index in [0.29, 0.717) is 0 Å². The number of rotatable bonds is 23. The van der Waals surface area contributed by atoms with E-state index >= 15 is 9.59 Å². The Hall–Kier alpha value is -9.11. The lowest BCUT2D eigenvalue weighted by atomic mass is 9.85. The van der Waals surface area contributed by atoms with E-state index in [1.807, 2.05) is 0 Å². The first-order valence-corrected chi connectivity index (χ1v) is 26.7. The minimum atomic E-state index is -2.41. The second-order valence-corrected chi connectivity index (χ2v) is 19.7. The summed E-state index contributed by atoms with van der Waals surface area (Å²) in [5, 5.41) is 25.5. The highest BCUT2D eigenvalue weighted by molar-refractivity contribution is 6.29. The molecule has 33 heteroatoms. The van der Waals surface area contributed by atoms with E-state index in [-0.39, 0.29) is 5.76 Å². The van der Waals surface area contributed by atoms with Gasteiger partial charge >= 0.3 is 65.7 Å². The zero-order valence-electron chi connectivity index (χ0n) is 49.7. The van der Waals surface area contributed by atoms with Crippen molar-refractivity contribution in [2.24, 2.45) is 0 Å². The molecule has 0 aromatic heterocycles. The molecule has 1 aliphatic carbocycles. The lowest BCUT2D eigenvalue weighted by molar-refractivity contribution is -0.298. The summed E-state index contributed by atoms with van der Waals surface area (Å²) in [5.74, 6) is -21.2. The van der Waals surface area contributed by atoms with E-state index in [0.717, 1.165) is 76.2 Å². The normalized spacial score (nSPS) is 27.3. The maximum absolute atomic E-state index is 15.4. The van der Waals surface area contributed by atoms with Crippen molar-refractivity contribution in [2.45, 2.75) is 189 Å². The van der Waals surface area contributed by atoms with Crippen LogP contribution in [0.1, 0.15) is 117 Å². The summed E-state index contributed by atoms with van der Waals surface area (Å²) in [6.45, 7) is 14.2. The van der Waals surface area contributed by atoms with E-state index in [1.165, 1.54) is 13.8 Å². The van der Waals surface area contributed by atoms with Crippen LogP contribution in [0.25, 0.3) is 0 Å². The van der Waals surface area contributed by atoms with E-state index < -0.39 is 241 Å².